The third-order valence-electron chi connectivity index (χ3n) is 6.36. The van der Waals surface area contributed by atoms with Crippen LogP contribution in [0, 0.1) is 0 Å². The summed E-state index contributed by atoms with van der Waals surface area (Å²) in [6.45, 7) is 7.71. The van der Waals surface area contributed by atoms with Crippen LogP contribution in [0.25, 0.3) is 5.57 Å². The maximum absolute atomic E-state index is 14.1. The second-order valence-electron chi connectivity index (χ2n) is 8.50. The second kappa shape index (κ2) is 9.67. The summed E-state index contributed by atoms with van der Waals surface area (Å²) in [5, 5.41) is 0. The van der Waals surface area contributed by atoms with Crippen molar-refractivity contribution in [1.82, 2.24) is 4.57 Å². The number of hydrogen-bond donors (Lipinski definition) is 0. The van der Waals surface area contributed by atoms with E-state index in [9.17, 15) is 14.4 Å². The van der Waals surface area contributed by atoms with Crippen molar-refractivity contribution in [3.05, 3.63) is 103 Å². The van der Waals surface area contributed by atoms with Crippen molar-refractivity contribution in [2.24, 2.45) is 4.99 Å². The van der Waals surface area contributed by atoms with Gasteiger partial charge in [-0.1, -0.05) is 47.7 Å². The molecule has 0 spiro atoms. The number of para-hydroxylation sites is 1. The summed E-state index contributed by atoms with van der Waals surface area (Å²) in [5.41, 5.74) is 2.72. The molecule has 0 unspecified atom stereocenters. The van der Waals surface area contributed by atoms with Gasteiger partial charge in [0.1, 0.15) is 10.3 Å². The van der Waals surface area contributed by atoms with Gasteiger partial charge in [-0.05, 0) is 37.6 Å². The molecule has 0 fully saturated rings. The van der Waals surface area contributed by atoms with Gasteiger partial charge in [-0.25, -0.2) is 9.79 Å². The molecule has 5 rings (SSSR count). The van der Waals surface area contributed by atoms with Crippen LogP contribution in [0.2, 0.25) is 0 Å². The summed E-state index contributed by atoms with van der Waals surface area (Å²) in [6, 6.07) is 13.8. The Labute approximate surface area is 217 Å². The third kappa shape index (κ3) is 3.92. The van der Waals surface area contributed by atoms with Crippen molar-refractivity contribution in [2.75, 3.05) is 25.2 Å². The van der Waals surface area contributed by atoms with Crippen LogP contribution in [-0.2, 0) is 14.3 Å². The van der Waals surface area contributed by atoms with E-state index < -0.39 is 17.6 Å². The Kier molecular flexibility index (Phi) is 6.39. The molecule has 9 heteroatoms. The van der Waals surface area contributed by atoms with Gasteiger partial charge in [-0.15, -0.1) is 6.58 Å². The molecule has 2 aromatic carbocycles. The number of allylic oxidation sites excluding steroid dienone is 1. The fourth-order valence-electron chi connectivity index (χ4n) is 4.78. The number of carbonyl (C=O) groups excluding carboxylic acids is 2. The van der Waals surface area contributed by atoms with E-state index in [4.69, 9.17) is 9.47 Å². The topological polar surface area (TPSA) is 90.2 Å². The van der Waals surface area contributed by atoms with Crippen molar-refractivity contribution in [1.29, 1.82) is 0 Å². The van der Waals surface area contributed by atoms with E-state index in [1.54, 1.807) is 50.1 Å². The number of aromatic nitrogens is 1. The molecule has 3 heterocycles. The highest BCUT2D eigenvalue weighted by Crippen LogP contribution is 2.36. The Balaban J connectivity index is 1.82. The maximum Gasteiger partial charge on any atom is 0.338 e. The summed E-state index contributed by atoms with van der Waals surface area (Å²) in [5.74, 6) is -0.236. The Bertz CT molecular complexity index is 1660. The molecule has 0 saturated carbocycles. The van der Waals surface area contributed by atoms with E-state index in [1.165, 1.54) is 4.57 Å². The van der Waals surface area contributed by atoms with Gasteiger partial charge in [0.2, 0.25) is 0 Å². The van der Waals surface area contributed by atoms with E-state index >= 15 is 0 Å². The van der Waals surface area contributed by atoms with Gasteiger partial charge in [0.25, 0.3) is 11.5 Å². The number of ether oxygens (including phenoxy) is 2. The maximum atomic E-state index is 14.1. The number of anilines is 1. The van der Waals surface area contributed by atoms with Crippen LogP contribution in [0.5, 0.6) is 5.75 Å². The van der Waals surface area contributed by atoms with Gasteiger partial charge in [0.15, 0.2) is 4.80 Å². The number of methoxy groups -OCH3 is 1. The summed E-state index contributed by atoms with van der Waals surface area (Å²) in [4.78, 5) is 47.3. The highest BCUT2D eigenvalue weighted by atomic mass is 32.1. The number of esters is 1. The summed E-state index contributed by atoms with van der Waals surface area (Å²) < 4.78 is 12.5. The van der Waals surface area contributed by atoms with Crippen LogP contribution in [0.3, 0.4) is 0 Å². The molecule has 2 aliphatic rings. The van der Waals surface area contributed by atoms with E-state index in [1.807, 2.05) is 30.3 Å². The first kappa shape index (κ1) is 24.5. The van der Waals surface area contributed by atoms with Crippen LogP contribution >= 0.6 is 11.3 Å². The van der Waals surface area contributed by atoms with Crippen LogP contribution in [-0.4, -0.2) is 36.7 Å². The summed E-state index contributed by atoms with van der Waals surface area (Å²) in [7, 11) is 1.55. The van der Waals surface area contributed by atoms with Crippen molar-refractivity contribution in [3.8, 4) is 5.75 Å². The quantitative estimate of drug-likeness (QED) is 0.372. The molecule has 0 N–H and O–H groups in total. The number of hydrogen-bond acceptors (Lipinski definition) is 7. The zero-order chi connectivity index (χ0) is 26.3. The van der Waals surface area contributed by atoms with Crippen LogP contribution in [0.15, 0.2) is 82.2 Å². The number of fused-ring (bicyclic) bond motifs is 2. The molecule has 0 saturated heterocycles. The molecular formula is C28H25N3O5S. The molecule has 1 aromatic heterocycles. The number of amides is 1. The predicted molar refractivity (Wildman–Crippen MR) is 141 cm³/mol. The first-order chi connectivity index (χ1) is 17.9. The van der Waals surface area contributed by atoms with Crippen LogP contribution < -0.4 is 24.5 Å². The Morgan fingerprint density at radius 2 is 1.97 bits per heavy atom. The fraction of sp³-hybridized carbons (Fsp3) is 0.214. The fourth-order valence-corrected chi connectivity index (χ4v) is 5.92. The number of carbonyl (C=O) groups is 2. The van der Waals surface area contributed by atoms with Gasteiger partial charge in [-0.3, -0.25) is 14.2 Å². The zero-order valence-electron chi connectivity index (χ0n) is 20.7. The lowest BCUT2D eigenvalue weighted by molar-refractivity contribution is -0.139. The molecule has 0 radical (unpaired) electrons. The lowest BCUT2D eigenvalue weighted by Crippen LogP contribution is -2.41. The van der Waals surface area contributed by atoms with Crippen molar-refractivity contribution in [3.63, 3.8) is 0 Å². The summed E-state index contributed by atoms with van der Waals surface area (Å²) >= 11 is 1.14. The molecule has 3 aromatic rings. The normalized spacial score (nSPS) is 17.8. The van der Waals surface area contributed by atoms with E-state index in [0.29, 0.717) is 39.5 Å². The SMILES string of the molecule is C=CCN1C(=O)/C(=c2/sc3n(c2=O)[C@@H](c2cccc(OC)c2)C(C(=O)OCC)=C(C)N=3)c2ccccc21. The van der Waals surface area contributed by atoms with Gasteiger partial charge >= 0.3 is 5.97 Å². The Morgan fingerprint density at radius 1 is 1.19 bits per heavy atom. The predicted octanol–water partition coefficient (Wildman–Crippen LogP) is 2.71. The van der Waals surface area contributed by atoms with E-state index in [0.717, 1.165) is 17.0 Å². The van der Waals surface area contributed by atoms with Crippen LogP contribution in [0.4, 0.5) is 5.69 Å². The molecule has 1 amide bonds. The molecule has 188 valence electrons. The van der Waals surface area contributed by atoms with E-state index in [2.05, 4.69) is 11.6 Å². The zero-order valence-corrected chi connectivity index (χ0v) is 21.5. The number of benzene rings is 2. The lowest BCUT2D eigenvalue weighted by Gasteiger charge is -2.25. The van der Waals surface area contributed by atoms with Crippen molar-refractivity contribution >= 4 is 34.5 Å². The standard InChI is InChI=1S/C28H25N3O5S/c1-5-14-30-20-13-8-7-12-19(20)22(25(30)32)24-26(33)31-23(17-10-9-11-18(15-17)35-4)21(27(34)36-6-2)16(3)29-28(31)37-24/h5,7-13,15,23H,1,6,14H2,2-4H3/b24-22+/t23-/m0/s1. The molecule has 0 bridgehead atoms. The first-order valence-corrected chi connectivity index (χ1v) is 12.6. The van der Waals surface area contributed by atoms with Gasteiger partial charge in [0.05, 0.1) is 42.3 Å². The van der Waals surface area contributed by atoms with Gasteiger partial charge < -0.3 is 14.4 Å². The monoisotopic (exact) mass is 515 g/mol. The second-order valence-corrected chi connectivity index (χ2v) is 9.47. The number of nitrogens with zero attached hydrogens (tertiary/aromatic N) is 3. The number of thiazole rings is 1. The Hall–Kier alpha value is -4.24. The minimum absolute atomic E-state index is 0.180. The largest absolute Gasteiger partial charge is 0.497 e. The highest BCUT2D eigenvalue weighted by Gasteiger charge is 2.37. The average molecular weight is 516 g/mol. The molecule has 8 nitrogen and oxygen atoms in total. The van der Waals surface area contributed by atoms with E-state index in [-0.39, 0.29) is 22.6 Å². The third-order valence-corrected chi connectivity index (χ3v) is 7.42. The molecule has 2 aliphatic heterocycles. The Morgan fingerprint density at radius 3 is 2.70 bits per heavy atom. The van der Waals surface area contributed by atoms with Crippen LogP contribution in [0.1, 0.15) is 31.0 Å². The molecular weight excluding hydrogens is 490 g/mol. The smallest absolute Gasteiger partial charge is 0.338 e. The van der Waals surface area contributed by atoms with Crippen molar-refractivity contribution in [2.45, 2.75) is 19.9 Å². The lowest BCUT2D eigenvalue weighted by atomic mass is 9.95. The minimum atomic E-state index is -0.796. The molecule has 1 atom stereocenters. The first-order valence-electron chi connectivity index (χ1n) is 11.8. The van der Waals surface area contributed by atoms with Gasteiger partial charge in [0, 0.05) is 12.1 Å². The molecule has 0 aliphatic carbocycles. The molecule has 37 heavy (non-hydrogen) atoms. The summed E-state index contributed by atoms with van der Waals surface area (Å²) in [6.07, 6.45) is 1.65. The van der Waals surface area contributed by atoms with Gasteiger partial charge in [-0.2, -0.15) is 0 Å². The average Bonchev–Trinajstić information content (AvgIpc) is 3.36. The number of rotatable bonds is 6. The highest BCUT2D eigenvalue weighted by molar-refractivity contribution is 7.07. The minimum Gasteiger partial charge on any atom is -0.497 e. The van der Waals surface area contributed by atoms with Crippen molar-refractivity contribution < 1.29 is 19.1 Å².